The highest BCUT2D eigenvalue weighted by molar-refractivity contribution is 7.20. The highest BCUT2D eigenvalue weighted by atomic mass is 32.1. The van der Waals surface area contributed by atoms with E-state index in [1.165, 1.54) is 7.11 Å². The largest absolute Gasteiger partial charge is 0.465 e. The van der Waals surface area contributed by atoms with Crippen LogP contribution in [0.15, 0.2) is 35.1 Å². The Balaban J connectivity index is 1.84. The standard InChI is InChI=1S/C21H23N3O4S/c1-4-13(14-8-6-5-7-9-14)11-22-16(25)10-15-17-19(26)23-12(2)24-20(17)29-18(15)21(27)28-3/h5-9,13H,4,10-11H2,1-3H3,(H,22,25)(H,23,24,26)/t13-/m0/s1. The van der Waals surface area contributed by atoms with Crippen molar-refractivity contribution in [3.05, 3.63) is 62.5 Å². The van der Waals surface area contributed by atoms with Gasteiger partial charge in [-0.05, 0) is 18.9 Å². The molecule has 1 amide bonds. The van der Waals surface area contributed by atoms with Crippen LogP contribution in [0.2, 0.25) is 0 Å². The van der Waals surface area contributed by atoms with Crippen molar-refractivity contribution in [3.8, 4) is 0 Å². The molecule has 0 bridgehead atoms. The van der Waals surface area contributed by atoms with E-state index in [4.69, 9.17) is 4.74 Å². The smallest absolute Gasteiger partial charge is 0.348 e. The van der Waals surface area contributed by atoms with Gasteiger partial charge in [-0.15, -0.1) is 11.3 Å². The zero-order chi connectivity index (χ0) is 21.0. The maximum Gasteiger partial charge on any atom is 0.348 e. The number of H-pyrrole nitrogens is 1. The molecule has 0 spiro atoms. The summed E-state index contributed by atoms with van der Waals surface area (Å²) in [6.45, 7) is 4.21. The summed E-state index contributed by atoms with van der Waals surface area (Å²) < 4.78 is 4.83. The van der Waals surface area contributed by atoms with E-state index in [0.717, 1.165) is 23.3 Å². The third-order valence-electron chi connectivity index (χ3n) is 4.80. The van der Waals surface area contributed by atoms with Gasteiger partial charge in [-0.3, -0.25) is 9.59 Å². The minimum Gasteiger partial charge on any atom is -0.465 e. The third kappa shape index (κ3) is 4.54. The molecule has 1 aromatic carbocycles. The molecule has 0 aliphatic heterocycles. The Morgan fingerprint density at radius 2 is 2.00 bits per heavy atom. The lowest BCUT2D eigenvalue weighted by molar-refractivity contribution is -0.120. The van der Waals surface area contributed by atoms with Crippen LogP contribution in [-0.2, 0) is 16.0 Å². The van der Waals surface area contributed by atoms with Crippen molar-refractivity contribution in [1.82, 2.24) is 15.3 Å². The number of hydrogen-bond donors (Lipinski definition) is 2. The summed E-state index contributed by atoms with van der Waals surface area (Å²) in [5.41, 5.74) is 1.15. The number of carbonyl (C=O) groups excluding carboxylic acids is 2. The number of amides is 1. The van der Waals surface area contributed by atoms with Crippen LogP contribution in [0.4, 0.5) is 0 Å². The van der Waals surface area contributed by atoms with E-state index in [0.29, 0.717) is 22.8 Å². The molecule has 0 saturated carbocycles. The first-order valence-electron chi connectivity index (χ1n) is 9.36. The fraction of sp³-hybridized carbons (Fsp3) is 0.333. The van der Waals surface area contributed by atoms with E-state index in [1.807, 2.05) is 30.3 Å². The van der Waals surface area contributed by atoms with E-state index in [-0.39, 0.29) is 34.1 Å². The first kappa shape index (κ1) is 20.7. The topological polar surface area (TPSA) is 101 Å². The Kier molecular flexibility index (Phi) is 6.43. The van der Waals surface area contributed by atoms with Gasteiger partial charge < -0.3 is 15.0 Å². The molecule has 0 unspecified atom stereocenters. The molecule has 7 nitrogen and oxygen atoms in total. The summed E-state index contributed by atoms with van der Waals surface area (Å²) in [4.78, 5) is 44.9. The van der Waals surface area contributed by atoms with Crippen LogP contribution in [0.25, 0.3) is 10.2 Å². The number of esters is 1. The molecule has 0 aliphatic rings. The molecule has 8 heteroatoms. The zero-order valence-electron chi connectivity index (χ0n) is 16.6. The summed E-state index contributed by atoms with van der Waals surface area (Å²) >= 11 is 1.07. The molecule has 1 atom stereocenters. The fourth-order valence-electron chi connectivity index (χ4n) is 3.28. The molecule has 0 radical (unpaired) electrons. The Bertz CT molecular complexity index is 1090. The molecule has 29 heavy (non-hydrogen) atoms. The summed E-state index contributed by atoms with van der Waals surface area (Å²) in [6.07, 6.45) is 0.783. The second-order valence-electron chi connectivity index (χ2n) is 6.73. The van der Waals surface area contributed by atoms with Gasteiger partial charge in [0.1, 0.15) is 15.5 Å². The van der Waals surface area contributed by atoms with Crippen molar-refractivity contribution < 1.29 is 14.3 Å². The Labute approximate surface area is 172 Å². The van der Waals surface area contributed by atoms with Crippen molar-refractivity contribution in [2.45, 2.75) is 32.6 Å². The van der Waals surface area contributed by atoms with Gasteiger partial charge in [0.25, 0.3) is 5.56 Å². The van der Waals surface area contributed by atoms with E-state index in [2.05, 4.69) is 22.2 Å². The van der Waals surface area contributed by atoms with E-state index < -0.39 is 5.97 Å². The van der Waals surface area contributed by atoms with Crippen molar-refractivity contribution >= 4 is 33.4 Å². The van der Waals surface area contributed by atoms with Crippen molar-refractivity contribution in [2.24, 2.45) is 0 Å². The lowest BCUT2D eigenvalue weighted by Gasteiger charge is -2.16. The van der Waals surface area contributed by atoms with E-state index in [1.54, 1.807) is 6.92 Å². The lowest BCUT2D eigenvalue weighted by Crippen LogP contribution is -2.30. The minimum absolute atomic E-state index is 0.0938. The number of nitrogens with zero attached hydrogens (tertiary/aromatic N) is 1. The number of thiophene rings is 1. The number of benzene rings is 1. The fourth-order valence-corrected chi connectivity index (χ4v) is 4.44. The first-order valence-corrected chi connectivity index (χ1v) is 10.2. The van der Waals surface area contributed by atoms with Crippen LogP contribution >= 0.6 is 11.3 Å². The molecular formula is C21H23N3O4S. The second kappa shape index (κ2) is 9.00. The maximum absolute atomic E-state index is 12.7. The van der Waals surface area contributed by atoms with Crippen LogP contribution in [0, 0.1) is 6.92 Å². The SMILES string of the molecule is CC[C@@H](CNC(=O)Cc1c(C(=O)OC)sc2nc(C)[nH]c(=O)c12)c1ccccc1. The number of aryl methyl sites for hydroxylation is 1. The molecule has 2 aromatic heterocycles. The van der Waals surface area contributed by atoms with Gasteiger partial charge >= 0.3 is 5.97 Å². The summed E-state index contributed by atoms with van der Waals surface area (Å²) in [5, 5.41) is 3.20. The number of hydrogen-bond acceptors (Lipinski definition) is 6. The highest BCUT2D eigenvalue weighted by Crippen LogP contribution is 2.29. The van der Waals surface area contributed by atoms with Crippen LogP contribution in [0.3, 0.4) is 0 Å². The predicted octanol–water partition coefficient (Wildman–Crippen LogP) is 2.93. The number of nitrogens with one attached hydrogen (secondary N) is 2. The molecule has 0 fully saturated rings. The number of aromatic amines is 1. The first-order chi connectivity index (χ1) is 13.9. The van der Waals surface area contributed by atoms with Crippen molar-refractivity contribution in [3.63, 3.8) is 0 Å². The molecule has 3 rings (SSSR count). The van der Waals surface area contributed by atoms with Gasteiger partial charge in [0.15, 0.2) is 0 Å². The van der Waals surface area contributed by atoms with Crippen LogP contribution in [0.5, 0.6) is 0 Å². The minimum atomic E-state index is -0.580. The van der Waals surface area contributed by atoms with E-state index >= 15 is 0 Å². The Morgan fingerprint density at radius 3 is 2.66 bits per heavy atom. The van der Waals surface area contributed by atoms with Crippen molar-refractivity contribution in [1.29, 1.82) is 0 Å². The summed E-state index contributed by atoms with van der Waals surface area (Å²) in [7, 11) is 1.27. The molecule has 3 aromatic rings. The number of fused-ring (bicyclic) bond motifs is 1. The highest BCUT2D eigenvalue weighted by Gasteiger charge is 2.24. The van der Waals surface area contributed by atoms with Gasteiger partial charge in [0.05, 0.1) is 18.9 Å². The Morgan fingerprint density at radius 1 is 1.28 bits per heavy atom. The number of carbonyl (C=O) groups is 2. The summed E-state index contributed by atoms with van der Waals surface area (Å²) in [5.74, 6) is -0.204. The Hall–Kier alpha value is -3.00. The van der Waals surface area contributed by atoms with Crippen LogP contribution < -0.4 is 10.9 Å². The number of rotatable bonds is 7. The average molecular weight is 413 g/mol. The van der Waals surface area contributed by atoms with Crippen molar-refractivity contribution in [2.75, 3.05) is 13.7 Å². The quantitative estimate of drug-likeness (QED) is 0.580. The molecule has 2 N–H and O–H groups in total. The molecule has 2 heterocycles. The average Bonchev–Trinajstić information content (AvgIpc) is 3.06. The summed E-state index contributed by atoms with van der Waals surface area (Å²) in [6, 6.07) is 9.98. The van der Waals surface area contributed by atoms with Gasteiger partial charge in [-0.1, -0.05) is 37.3 Å². The van der Waals surface area contributed by atoms with Gasteiger partial charge in [0.2, 0.25) is 5.91 Å². The van der Waals surface area contributed by atoms with Crippen LogP contribution in [-0.4, -0.2) is 35.5 Å². The molecule has 0 aliphatic carbocycles. The molecular weight excluding hydrogens is 390 g/mol. The molecule has 152 valence electrons. The number of ether oxygens (including phenoxy) is 1. The maximum atomic E-state index is 12.7. The van der Waals surface area contributed by atoms with E-state index in [9.17, 15) is 14.4 Å². The van der Waals surface area contributed by atoms with Gasteiger partial charge in [0, 0.05) is 18.0 Å². The van der Waals surface area contributed by atoms with Gasteiger partial charge in [-0.25, -0.2) is 9.78 Å². The zero-order valence-corrected chi connectivity index (χ0v) is 17.4. The van der Waals surface area contributed by atoms with Gasteiger partial charge in [-0.2, -0.15) is 0 Å². The number of aromatic nitrogens is 2. The third-order valence-corrected chi connectivity index (χ3v) is 5.90. The lowest BCUT2D eigenvalue weighted by atomic mass is 9.96. The predicted molar refractivity (Wildman–Crippen MR) is 113 cm³/mol. The number of methoxy groups -OCH3 is 1. The second-order valence-corrected chi connectivity index (χ2v) is 7.73. The monoisotopic (exact) mass is 413 g/mol. The molecule has 0 saturated heterocycles. The normalized spacial score (nSPS) is 12.0. The van der Waals surface area contributed by atoms with Crippen LogP contribution in [0.1, 0.15) is 45.9 Å².